The van der Waals surface area contributed by atoms with Crippen molar-refractivity contribution in [3.8, 4) is 0 Å². The number of rotatable bonds is 4. The van der Waals surface area contributed by atoms with Crippen LogP contribution in [0.15, 0.2) is 6.33 Å². The molecular weight excluding hydrogens is 216 g/mol. The van der Waals surface area contributed by atoms with Gasteiger partial charge in [0.1, 0.15) is 5.52 Å². The Kier molecular flexibility index (Phi) is 3.12. The van der Waals surface area contributed by atoms with E-state index < -0.39 is 0 Å². The van der Waals surface area contributed by atoms with Gasteiger partial charge in [0.25, 0.3) is 0 Å². The van der Waals surface area contributed by atoms with E-state index in [-0.39, 0.29) is 5.95 Å². The van der Waals surface area contributed by atoms with Gasteiger partial charge in [-0.25, -0.2) is 4.98 Å². The Morgan fingerprint density at radius 2 is 2.12 bits per heavy atom. The number of imidazole rings is 1. The molecule has 0 bridgehead atoms. The van der Waals surface area contributed by atoms with Crippen LogP contribution in [0.25, 0.3) is 11.2 Å². The minimum atomic E-state index is 0.240. The Hall–Kier alpha value is -1.85. The number of aromatic amines is 1. The van der Waals surface area contributed by atoms with Crippen molar-refractivity contribution in [2.45, 2.75) is 20.8 Å². The molecule has 17 heavy (non-hydrogen) atoms. The van der Waals surface area contributed by atoms with Crippen LogP contribution in [0.5, 0.6) is 0 Å². The lowest BCUT2D eigenvalue weighted by Crippen LogP contribution is -2.17. The minimum absolute atomic E-state index is 0.240. The summed E-state index contributed by atoms with van der Waals surface area (Å²) in [7, 11) is 0. The van der Waals surface area contributed by atoms with Crippen molar-refractivity contribution in [3.63, 3.8) is 0 Å². The Labute approximate surface area is 100 Å². The van der Waals surface area contributed by atoms with E-state index in [1.54, 1.807) is 6.33 Å². The van der Waals surface area contributed by atoms with Crippen LogP contribution in [0.3, 0.4) is 0 Å². The summed E-state index contributed by atoms with van der Waals surface area (Å²) < 4.78 is 0. The summed E-state index contributed by atoms with van der Waals surface area (Å²) in [4.78, 5) is 15.3. The first-order chi connectivity index (χ1) is 8.08. The van der Waals surface area contributed by atoms with E-state index >= 15 is 0 Å². The molecule has 0 fully saturated rings. The largest absolute Gasteiger partial charge is 0.368 e. The second-order valence-corrected chi connectivity index (χ2v) is 4.63. The Balaban J connectivity index is 2.20. The fourth-order valence-corrected chi connectivity index (χ4v) is 1.47. The molecular formula is C11H18N6. The highest BCUT2D eigenvalue weighted by molar-refractivity contribution is 5.83. The average Bonchev–Trinajstić information content (AvgIpc) is 2.72. The molecule has 0 radical (unpaired) electrons. The van der Waals surface area contributed by atoms with Gasteiger partial charge in [-0.15, -0.1) is 0 Å². The van der Waals surface area contributed by atoms with Crippen molar-refractivity contribution >= 4 is 22.9 Å². The number of nitrogens with zero attached hydrogens (tertiary/aromatic N) is 3. The van der Waals surface area contributed by atoms with E-state index in [1.807, 2.05) is 0 Å². The average molecular weight is 234 g/mol. The van der Waals surface area contributed by atoms with Gasteiger partial charge in [0.05, 0.1) is 6.33 Å². The maximum absolute atomic E-state index is 5.63. The van der Waals surface area contributed by atoms with E-state index in [2.05, 4.69) is 46.0 Å². The summed E-state index contributed by atoms with van der Waals surface area (Å²) in [5.41, 5.74) is 7.03. The van der Waals surface area contributed by atoms with Crippen molar-refractivity contribution in [2.75, 3.05) is 17.6 Å². The lowest BCUT2D eigenvalue weighted by Gasteiger charge is -2.16. The zero-order chi connectivity index (χ0) is 12.4. The maximum Gasteiger partial charge on any atom is 0.224 e. The molecule has 2 aromatic rings. The van der Waals surface area contributed by atoms with Gasteiger partial charge in [-0.1, -0.05) is 20.8 Å². The fraction of sp³-hybridized carbons (Fsp3) is 0.545. The van der Waals surface area contributed by atoms with Crippen LogP contribution in [-0.2, 0) is 0 Å². The van der Waals surface area contributed by atoms with Gasteiger partial charge in [-0.2, -0.15) is 9.97 Å². The number of nitrogens with two attached hydrogens (primary N) is 1. The molecule has 0 aliphatic rings. The zero-order valence-corrected chi connectivity index (χ0v) is 10.4. The van der Waals surface area contributed by atoms with Gasteiger partial charge in [0.15, 0.2) is 11.5 Å². The van der Waals surface area contributed by atoms with Gasteiger partial charge in [-0.05, 0) is 11.8 Å². The number of hydrogen-bond acceptors (Lipinski definition) is 5. The molecule has 1 unspecified atom stereocenters. The number of H-pyrrole nitrogens is 1. The SMILES string of the molecule is CC(C)C(C)CNc1nc(N)nc2nc[nH]c12. The summed E-state index contributed by atoms with van der Waals surface area (Å²) in [6, 6.07) is 0. The fourth-order valence-electron chi connectivity index (χ4n) is 1.47. The van der Waals surface area contributed by atoms with E-state index in [0.717, 1.165) is 17.9 Å². The highest BCUT2D eigenvalue weighted by Crippen LogP contribution is 2.18. The number of nitrogens with one attached hydrogen (secondary N) is 2. The number of hydrogen-bond donors (Lipinski definition) is 3. The summed E-state index contributed by atoms with van der Waals surface area (Å²) in [6.45, 7) is 7.45. The highest BCUT2D eigenvalue weighted by Gasteiger charge is 2.11. The van der Waals surface area contributed by atoms with E-state index in [0.29, 0.717) is 17.5 Å². The third-order valence-electron chi connectivity index (χ3n) is 3.03. The smallest absolute Gasteiger partial charge is 0.224 e. The molecule has 0 aromatic carbocycles. The zero-order valence-electron chi connectivity index (χ0n) is 10.4. The van der Waals surface area contributed by atoms with E-state index in [1.165, 1.54) is 0 Å². The van der Waals surface area contributed by atoms with Crippen LogP contribution < -0.4 is 11.1 Å². The van der Waals surface area contributed by atoms with Crippen molar-refractivity contribution in [3.05, 3.63) is 6.33 Å². The lowest BCUT2D eigenvalue weighted by molar-refractivity contribution is 0.439. The Bertz CT molecular complexity index is 504. The van der Waals surface area contributed by atoms with Crippen molar-refractivity contribution in [1.82, 2.24) is 19.9 Å². The molecule has 0 saturated heterocycles. The second kappa shape index (κ2) is 4.57. The topological polar surface area (TPSA) is 92.5 Å². The summed E-state index contributed by atoms with van der Waals surface area (Å²) in [6.07, 6.45) is 1.59. The van der Waals surface area contributed by atoms with E-state index in [9.17, 15) is 0 Å². The molecule has 2 rings (SSSR count). The van der Waals surface area contributed by atoms with Crippen molar-refractivity contribution in [2.24, 2.45) is 11.8 Å². The van der Waals surface area contributed by atoms with E-state index in [4.69, 9.17) is 5.73 Å². The number of aromatic nitrogens is 4. The molecule has 4 N–H and O–H groups in total. The maximum atomic E-state index is 5.63. The Morgan fingerprint density at radius 3 is 2.82 bits per heavy atom. The van der Waals surface area contributed by atoms with Crippen molar-refractivity contribution in [1.29, 1.82) is 0 Å². The van der Waals surface area contributed by atoms with Crippen LogP contribution in [-0.4, -0.2) is 26.5 Å². The standard InChI is InChI=1S/C11H18N6/c1-6(2)7(3)4-13-9-8-10(15-5-14-8)17-11(12)16-9/h5-7H,4H2,1-3H3,(H4,12,13,14,15,16,17). The molecule has 0 saturated carbocycles. The van der Waals surface area contributed by atoms with Gasteiger partial charge >= 0.3 is 0 Å². The Morgan fingerprint density at radius 1 is 1.35 bits per heavy atom. The molecule has 0 aliphatic heterocycles. The molecule has 0 spiro atoms. The summed E-state index contributed by atoms with van der Waals surface area (Å²) in [5.74, 6) is 2.14. The summed E-state index contributed by atoms with van der Waals surface area (Å²) >= 11 is 0. The third-order valence-corrected chi connectivity index (χ3v) is 3.03. The van der Waals surface area contributed by atoms with Gasteiger partial charge in [-0.3, -0.25) is 0 Å². The molecule has 92 valence electrons. The van der Waals surface area contributed by atoms with Gasteiger partial charge in [0.2, 0.25) is 5.95 Å². The van der Waals surface area contributed by atoms with Crippen LogP contribution in [0.2, 0.25) is 0 Å². The molecule has 6 nitrogen and oxygen atoms in total. The molecule has 1 atom stereocenters. The van der Waals surface area contributed by atoms with Crippen LogP contribution >= 0.6 is 0 Å². The van der Waals surface area contributed by atoms with Crippen LogP contribution in [0.1, 0.15) is 20.8 Å². The number of nitrogen functional groups attached to an aromatic ring is 1. The highest BCUT2D eigenvalue weighted by atomic mass is 15.1. The lowest BCUT2D eigenvalue weighted by atomic mass is 9.98. The van der Waals surface area contributed by atoms with Crippen LogP contribution in [0, 0.1) is 11.8 Å². The molecule has 0 aliphatic carbocycles. The minimum Gasteiger partial charge on any atom is -0.368 e. The predicted octanol–water partition coefficient (Wildman–Crippen LogP) is 1.64. The van der Waals surface area contributed by atoms with Crippen LogP contribution in [0.4, 0.5) is 11.8 Å². The number of fused-ring (bicyclic) bond motifs is 1. The molecule has 6 heteroatoms. The van der Waals surface area contributed by atoms with Gasteiger partial charge < -0.3 is 16.0 Å². The third kappa shape index (κ3) is 2.46. The summed E-state index contributed by atoms with van der Waals surface area (Å²) in [5, 5.41) is 3.29. The molecule has 0 amide bonds. The quantitative estimate of drug-likeness (QED) is 0.747. The molecule has 2 heterocycles. The normalized spacial score (nSPS) is 13.2. The number of anilines is 2. The predicted molar refractivity (Wildman–Crippen MR) is 68.6 cm³/mol. The molecule has 2 aromatic heterocycles. The first-order valence-corrected chi connectivity index (χ1v) is 5.78. The monoisotopic (exact) mass is 234 g/mol. The first kappa shape index (κ1) is 11.6. The van der Waals surface area contributed by atoms with Crippen molar-refractivity contribution < 1.29 is 0 Å². The first-order valence-electron chi connectivity index (χ1n) is 5.78. The van der Waals surface area contributed by atoms with Gasteiger partial charge in [0, 0.05) is 6.54 Å². The second-order valence-electron chi connectivity index (χ2n) is 4.63.